The van der Waals surface area contributed by atoms with Crippen LogP contribution in [0, 0.1) is 11.6 Å². The first-order valence-corrected chi connectivity index (χ1v) is 12.4. The standard InChI is InChI=1S/C21H20ClF2N3O3S2/c1-30-19-5-3-15(22)12-20(19)32(28,29)27-8-6-26(7-9-27)21-25-16(13-31-21)10-14-2-4-17(23)18(24)11-14/h2-5,11-13H,6-10H2,1H3. The summed E-state index contributed by atoms with van der Waals surface area (Å²) in [5, 5.41) is 2.95. The molecule has 0 N–H and O–H groups in total. The number of benzene rings is 2. The van der Waals surface area contributed by atoms with Crippen molar-refractivity contribution in [2.75, 3.05) is 38.2 Å². The number of sulfonamides is 1. The molecule has 170 valence electrons. The second-order valence-electron chi connectivity index (χ2n) is 7.23. The minimum absolute atomic E-state index is 0.0454. The number of ether oxygens (including phenoxy) is 1. The molecule has 0 aliphatic carbocycles. The SMILES string of the molecule is COc1ccc(Cl)cc1S(=O)(=O)N1CCN(c2nc(Cc3ccc(F)c(F)c3)cs2)CC1. The average Bonchev–Trinajstić information content (AvgIpc) is 3.25. The predicted octanol–water partition coefficient (Wildman–Crippen LogP) is 4.19. The van der Waals surface area contributed by atoms with Crippen LogP contribution in [0.2, 0.25) is 5.02 Å². The summed E-state index contributed by atoms with van der Waals surface area (Å²) in [6.45, 7) is 1.52. The van der Waals surface area contributed by atoms with Crippen molar-refractivity contribution in [2.45, 2.75) is 11.3 Å². The van der Waals surface area contributed by atoms with E-state index in [1.165, 1.54) is 47.0 Å². The maximum absolute atomic E-state index is 13.4. The van der Waals surface area contributed by atoms with Crippen molar-refractivity contribution in [1.29, 1.82) is 0 Å². The Kier molecular flexibility index (Phi) is 6.66. The molecular formula is C21H20ClF2N3O3S2. The van der Waals surface area contributed by atoms with Crippen molar-refractivity contribution in [3.8, 4) is 5.75 Å². The number of hydrogen-bond donors (Lipinski definition) is 0. The van der Waals surface area contributed by atoms with Crippen molar-refractivity contribution >= 4 is 38.1 Å². The first-order valence-electron chi connectivity index (χ1n) is 9.75. The Labute approximate surface area is 194 Å². The van der Waals surface area contributed by atoms with E-state index in [-0.39, 0.29) is 23.7 Å². The highest BCUT2D eigenvalue weighted by Gasteiger charge is 2.31. The average molecular weight is 500 g/mol. The van der Waals surface area contributed by atoms with Crippen LogP contribution >= 0.6 is 22.9 Å². The lowest BCUT2D eigenvalue weighted by molar-refractivity contribution is 0.374. The van der Waals surface area contributed by atoms with Gasteiger partial charge in [-0.2, -0.15) is 4.31 Å². The quantitative estimate of drug-likeness (QED) is 0.509. The summed E-state index contributed by atoms with van der Waals surface area (Å²) in [4.78, 5) is 6.65. The Morgan fingerprint density at radius 2 is 1.84 bits per heavy atom. The lowest BCUT2D eigenvalue weighted by atomic mass is 10.1. The summed E-state index contributed by atoms with van der Waals surface area (Å²) in [5.41, 5.74) is 1.38. The van der Waals surface area contributed by atoms with Gasteiger partial charge in [0.1, 0.15) is 10.6 Å². The summed E-state index contributed by atoms with van der Waals surface area (Å²) in [6.07, 6.45) is 0.386. The zero-order valence-electron chi connectivity index (χ0n) is 17.1. The van der Waals surface area contributed by atoms with E-state index < -0.39 is 21.7 Å². The molecule has 0 saturated carbocycles. The summed E-state index contributed by atoms with van der Waals surface area (Å²) in [7, 11) is -2.34. The molecule has 1 saturated heterocycles. The van der Waals surface area contributed by atoms with E-state index in [4.69, 9.17) is 16.3 Å². The first-order chi connectivity index (χ1) is 15.3. The number of halogens is 3. The molecule has 1 aliphatic heterocycles. The molecular weight excluding hydrogens is 480 g/mol. The van der Waals surface area contributed by atoms with Gasteiger partial charge in [-0.05, 0) is 35.9 Å². The number of nitrogens with zero attached hydrogens (tertiary/aromatic N) is 3. The van der Waals surface area contributed by atoms with Crippen LogP contribution in [0.15, 0.2) is 46.7 Å². The van der Waals surface area contributed by atoms with E-state index in [1.54, 1.807) is 6.07 Å². The Hall–Kier alpha value is -2.27. The molecule has 0 spiro atoms. The summed E-state index contributed by atoms with van der Waals surface area (Å²) >= 11 is 7.44. The van der Waals surface area contributed by atoms with E-state index in [0.717, 1.165) is 16.9 Å². The first kappa shape index (κ1) is 22.9. The van der Waals surface area contributed by atoms with Gasteiger partial charge < -0.3 is 9.64 Å². The number of aromatic nitrogens is 1. The van der Waals surface area contributed by atoms with Crippen molar-refractivity contribution in [2.24, 2.45) is 0 Å². The molecule has 3 aromatic rings. The van der Waals surface area contributed by atoms with Crippen LogP contribution in [0.5, 0.6) is 5.75 Å². The summed E-state index contributed by atoms with van der Waals surface area (Å²) in [5.74, 6) is -1.51. The lowest BCUT2D eigenvalue weighted by Gasteiger charge is -2.34. The number of thiazole rings is 1. The van der Waals surface area contributed by atoms with Crippen LogP contribution < -0.4 is 9.64 Å². The lowest BCUT2D eigenvalue weighted by Crippen LogP contribution is -2.48. The molecule has 1 aliphatic rings. The van der Waals surface area contributed by atoms with Crippen LogP contribution in [0.25, 0.3) is 0 Å². The summed E-state index contributed by atoms with van der Waals surface area (Å²) < 4.78 is 59.4. The predicted molar refractivity (Wildman–Crippen MR) is 120 cm³/mol. The molecule has 0 radical (unpaired) electrons. The van der Waals surface area contributed by atoms with Gasteiger partial charge in [0.25, 0.3) is 0 Å². The molecule has 0 amide bonds. The van der Waals surface area contributed by atoms with Crippen LogP contribution in [-0.4, -0.2) is 51.0 Å². The number of methoxy groups -OCH3 is 1. The summed E-state index contributed by atoms with van der Waals surface area (Å²) in [6, 6.07) is 8.32. The molecule has 0 bridgehead atoms. The maximum Gasteiger partial charge on any atom is 0.246 e. The maximum atomic E-state index is 13.4. The fourth-order valence-corrected chi connectivity index (χ4v) is 6.21. The fourth-order valence-electron chi connectivity index (χ4n) is 3.49. The second-order valence-corrected chi connectivity index (χ2v) is 10.4. The van der Waals surface area contributed by atoms with Gasteiger partial charge in [0, 0.05) is 43.0 Å². The molecule has 1 aromatic heterocycles. The molecule has 2 aromatic carbocycles. The molecule has 32 heavy (non-hydrogen) atoms. The second kappa shape index (κ2) is 9.30. The van der Waals surface area contributed by atoms with Gasteiger partial charge in [0.15, 0.2) is 16.8 Å². The van der Waals surface area contributed by atoms with Gasteiger partial charge in [0.05, 0.1) is 12.8 Å². The highest BCUT2D eigenvalue weighted by atomic mass is 35.5. The van der Waals surface area contributed by atoms with Crippen LogP contribution in [0.4, 0.5) is 13.9 Å². The fraction of sp³-hybridized carbons (Fsp3) is 0.286. The molecule has 2 heterocycles. The van der Waals surface area contributed by atoms with Gasteiger partial charge in [-0.1, -0.05) is 17.7 Å². The number of hydrogen-bond acceptors (Lipinski definition) is 6. The molecule has 11 heteroatoms. The topological polar surface area (TPSA) is 62.7 Å². The van der Waals surface area contributed by atoms with E-state index in [2.05, 4.69) is 4.98 Å². The number of piperazine rings is 1. The Morgan fingerprint density at radius 3 is 2.53 bits per heavy atom. The minimum Gasteiger partial charge on any atom is -0.495 e. The zero-order chi connectivity index (χ0) is 22.9. The third-order valence-electron chi connectivity index (χ3n) is 5.16. The van der Waals surface area contributed by atoms with Crippen LogP contribution in [0.3, 0.4) is 0 Å². The normalized spacial score (nSPS) is 15.2. The molecule has 0 unspecified atom stereocenters. The van der Waals surface area contributed by atoms with Gasteiger partial charge in [-0.3, -0.25) is 0 Å². The van der Waals surface area contributed by atoms with Crippen LogP contribution in [0.1, 0.15) is 11.3 Å². The highest BCUT2D eigenvalue weighted by molar-refractivity contribution is 7.89. The molecule has 0 atom stereocenters. The monoisotopic (exact) mass is 499 g/mol. The van der Waals surface area contributed by atoms with Gasteiger partial charge in [-0.25, -0.2) is 22.2 Å². The Bertz CT molecular complexity index is 1230. The highest BCUT2D eigenvalue weighted by Crippen LogP contribution is 2.31. The third kappa shape index (κ3) is 4.73. The van der Waals surface area contributed by atoms with Gasteiger partial charge >= 0.3 is 0 Å². The van der Waals surface area contributed by atoms with E-state index >= 15 is 0 Å². The zero-order valence-corrected chi connectivity index (χ0v) is 19.5. The van der Waals surface area contributed by atoms with E-state index in [9.17, 15) is 17.2 Å². The van der Waals surface area contributed by atoms with E-state index in [0.29, 0.717) is 30.1 Å². The largest absolute Gasteiger partial charge is 0.495 e. The Morgan fingerprint density at radius 1 is 1.09 bits per heavy atom. The third-order valence-corrected chi connectivity index (χ3v) is 8.27. The number of anilines is 1. The Balaban J connectivity index is 1.43. The van der Waals surface area contributed by atoms with Crippen molar-refractivity contribution < 1.29 is 21.9 Å². The minimum atomic E-state index is -3.76. The number of rotatable bonds is 6. The molecule has 6 nitrogen and oxygen atoms in total. The van der Waals surface area contributed by atoms with Gasteiger partial charge in [-0.15, -0.1) is 11.3 Å². The molecule has 4 rings (SSSR count). The van der Waals surface area contributed by atoms with Crippen LogP contribution in [-0.2, 0) is 16.4 Å². The van der Waals surface area contributed by atoms with Crippen molar-refractivity contribution in [3.63, 3.8) is 0 Å². The smallest absolute Gasteiger partial charge is 0.246 e. The van der Waals surface area contributed by atoms with E-state index in [1.807, 2.05) is 10.3 Å². The van der Waals surface area contributed by atoms with Crippen molar-refractivity contribution in [1.82, 2.24) is 9.29 Å². The molecule has 1 fully saturated rings. The van der Waals surface area contributed by atoms with Gasteiger partial charge in [0.2, 0.25) is 10.0 Å². The van der Waals surface area contributed by atoms with Crippen molar-refractivity contribution in [3.05, 3.63) is 69.7 Å².